The maximum atomic E-state index is 12.7. The fourth-order valence-corrected chi connectivity index (χ4v) is 5.53. The van der Waals surface area contributed by atoms with E-state index in [0.29, 0.717) is 10.8 Å². The number of anilines is 2. The van der Waals surface area contributed by atoms with Crippen molar-refractivity contribution in [3.8, 4) is 11.1 Å². The number of pyridine rings is 1. The van der Waals surface area contributed by atoms with Crippen molar-refractivity contribution < 1.29 is 8.42 Å². The Morgan fingerprint density at radius 3 is 2.48 bits per heavy atom. The van der Waals surface area contributed by atoms with Crippen LogP contribution in [0.5, 0.6) is 0 Å². The second-order valence-electron chi connectivity index (χ2n) is 7.16. The van der Waals surface area contributed by atoms with Crippen LogP contribution in [0.15, 0.2) is 77.1 Å². The Kier molecular flexibility index (Phi) is 4.60. The highest BCUT2D eigenvalue weighted by atomic mass is 32.2. The van der Waals surface area contributed by atoms with Crippen molar-refractivity contribution in [3.05, 3.63) is 77.8 Å². The molecule has 31 heavy (non-hydrogen) atoms. The van der Waals surface area contributed by atoms with Crippen LogP contribution in [-0.4, -0.2) is 18.4 Å². The van der Waals surface area contributed by atoms with Gasteiger partial charge in [0, 0.05) is 22.3 Å². The third-order valence-electron chi connectivity index (χ3n) is 5.20. The number of sulfonamides is 1. The number of nitrogens with one attached hydrogen (secondary N) is 1. The van der Waals surface area contributed by atoms with Crippen LogP contribution in [0.3, 0.4) is 0 Å². The van der Waals surface area contributed by atoms with Gasteiger partial charge in [-0.15, -0.1) is 11.3 Å². The number of fused-ring (bicyclic) bond motifs is 2. The van der Waals surface area contributed by atoms with Gasteiger partial charge >= 0.3 is 0 Å². The van der Waals surface area contributed by atoms with Crippen LogP contribution in [0.4, 0.5) is 10.8 Å². The van der Waals surface area contributed by atoms with Gasteiger partial charge in [-0.3, -0.25) is 4.72 Å². The van der Waals surface area contributed by atoms with E-state index in [1.165, 1.54) is 11.3 Å². The van der Waals surface area contributed by atoms with Gasteiger partial charge in [0.15, 0.2) is 5.13 Å². The van der Waals surface area contributed by atoms with Gasteiger partial charge in [0.05, 0.1) is 21.6 Å². The molecular formula is C23H18N4O2S2. The Balaban J connectivity index is 1.64. The molecule has 5 aromatic rings. The molecule has 0 unspecified atom stereocenters. The summed E-state index contributed by atoms with van der Waals surface area (Å²) in [5, 5.41) is 3.82. The van der Waals surface area contributed by atoms with Crippen LogP contribution >= 0.6 is 11.3 Å². The zero-order valence-corrected chi connectivity index (χ0v) is 18.2. The summed E-state index contributed by atoms with van der Waals surface area (Å²) in [6.07, 6.45) is 1.55. The Bertz CT molecular complexity index is 1530. The molecule has 0 saturated carbocycles. The molecule has 0 spiro atoms. The number of thiazole rings is 1. The minimum Gasteiger partial charge on any atom is -0.398 e. The lowest BCUT2D eigenvalue weighted by Gasteiger charge is -2.15. The number of benzene rings is 3. The Labute approximate surface area is 183 Å². The summed E-state index contributed by atoms with van der Waals surface area (Å²) in [6, 6.07) is 18.5. The van der Waals surface area contributed by atoms with E-state index in [-0.39, 0.29) is 4.90 Å². The molecule has 2 heterocycles. The summed E-state index contributed by atoms with van der Waals surface area (Å²) in [5.41, 5.74) is 11.8. The van der Waals surface area contributed by atoms with Crippen molar-refractivity contribution in [1.82, 2.24) is 9.97 Å². The van der Waals surface area contributed by atoms with E-state index in [1.54, 1.807) is 35.8 Å². The third kappa shape index (κ3) is 3.39. The van der Waals surface area contributed by atoms with Gasteiger partial charge in [-0.05, 0) is 47.9 Å². The summed E-state index contributed by atoms with van der Waals surface area (Å²) in [5.74, 6) is 0. The smallest absolute Gasteiger partial charge is 0.263 e. The molecule has 2 aromatic heterocycles. The predicted molar refractivity (Wildman–Crippen MR) is 127 cm³/mol. The quantitative estimate of drug-likeness (QED) is 0.370. The van der Waals surface area contributed by atoms with E-state index in [0.717, 1.165) is 38.5 Å². The lowest BCUT2D eigenvalue weighted by Crippen LogP contribution is -2.12. The van der Waals surface area contributed by atoms with Gasteiger partial charge in [0.25, 0.3) is 10.0 Å². The summed E-state index contributed by atoms with van der Waals surface area (Å²) < 4.78 is 27.8. The molecule has 0 aliphatic heterocycles. The zero-order valence-electron chi connectivity index (χ0n) is 16.5. The van der Waals surface area contributed by atoms with Crippen LogP contribution in [0, 0.1) is 6.92 Å². The fraction of sp³-hybridized carbons (Fsp3) is 0.0435. The first kappa shape index (κ1) is 19.5. The predicted octanol–water partition coefficient (Wildman–Crippen LogP) is 5.20. The minimum absolute atomic E-state index is 0.167. The summed E-state index contributed by atoms with van der Waals surface area (Å²) >= 11 is 1.23. The normalized spacial score (nSPS) is 11.8. The van der Waals surface area contributed by atoms with Crippen molar-refractivity contribution in [1.29, 1.82) is 0 Å². The molecule has 0 aliphatic rings. The van der Waals surface area contributed by atoms with E-state index < -0.39 is 10.0 Å². The first-order valence-corrected chi connectivity index (χ1v) is 11.9. The second kappa shape index (κ2) is 7.33. The molecule has 0 saturated heterocycles. The monoisotopic (exact) mass is 446 g/mol. The zero-order chi connectivity index (χ0) is 21.6. The Morgan fingerprint density at radius 2 is 1.74 bits per heavy atom. The van der Waals surface area contributed by atoms with E-state index in [9.17, 15) is 8.42 Å². The number of nitrogen functional groups attached to an aromatic ring is 1. The average molecular weight is 447 g/mol. The molecule has 0 radical (unpaired) electrons. The lowest BCUT2D eigenvalue weighted by molar-refractivity contribution is 0.601. The fourth-order valence-electron chi connectivity index (χ4n) is 3.75. The van der Waals surface area contributed by atoms with E-state index in [1.807, 2.05) is 43.3 Å². The highest BCUT2D eigenvalue weighted by Crippen LogP contribution is 2.38. The topological polar surface area (TPSA) is 98.0 Å². The molecule has 0 fully saturated rings. The number of para-hydroxylation sites is 1. The SMILES string of the molecule is Cc1ccc2nc3ccccc3c(N)c2c1-c1ccc(S(=O)(=O)Nc2nccs2)cc1. The Hall–Kier alpha value is -3.49. The number of hydrogen-bond acceptors (Lipinski definition) is 6. The van der Waals surface area contributed by atoms with Crippen molar-refractivity contribution in [2.24, 2.45) is 0 Å². The largest absolute Gasteiger partial charge is 0.398 e. The number of nitrogens with two attached hydrogens (primary N) is 1. The van der Waals surface area contributed by atoms with Crippen molar-refractivity contribution >= 4 is 54.0 Å². The minimum atomic E-state index is -3.71. The first-order chi connectivity index (χ1) is 14.9. The maximum absolute atomic E-state index is 12.7. The van der Waals surface area contributed by atoms with Gasteiger partial charge in [-0.2, -0.15) is 0 Å². The van der Waals surface area contributed by atoms with Crippen molar-refractivity contribution in [2.45, 2.75) is 11.8 Å². The van der Waals surface area contributed by atoms with Gasteiger partial charge < -0.3 is 5.73 Å². The van der Waals surface area contributed by atoms with E-state index >= 15 is 0 Å². The van der Waals surface area contributed by atoms with Gasteiger partial charge in [0.2, 0.25) is 0 Å². The molecule has 5 rings (SSSR count). The highest BCUT2D eigenvalue weighted by molar-refractivity contribution is 7.93. The molecule has 8 heteroatoms. The molecule has 154 valence electrons. The number of nitrogens with zero attached hydrogens (tertiary/aromatic N) is 2. The van der Waals surface area contributed by atoms with Crippen LogP contribution in [0.25, 0.3) is 32.9 Å². The Morgan fingerprint density at radius 1 is 0.968 bits per heavy atom. The molecular weight excluding hydrogens is 428 g/mol. The number of aromatic nitrogens is 2. The van der Waals surface area contributed by atoms with Crippen LogP contribution in [0.2, 0.25) is 0 Å². The van der Waals surface area contributed by atoms with Gasteiger partial charge in [-0.1, -0.05) is 36.4 Å². The van der Waals surface area contributed by atoms with E-state index in [2.05, 4.69) is 9.71 Å². The van der Waals surface area contributed by atoms with Crippen molar-refractivity contribution in [3.63, 3.8) is 0 Å². The number of aryl methyl sites for hydroxylation is 1. The molecule has 6 nitrogen and oxygen atoms in total. The molecule has 0 amide bonds. The highest BCUT2D eigenvalue weighted by Gasteiger charge is 2.18. The van der Waals surface area contributed by atoms with Gasteiger partial charge in [0.1, 0.15) is 0 Å². The van der Waals surface area contributed by atoms with Crippen LogP contribution in [0.1, 0.15) is 5.56 Å². The van der Waals surface area contributed by atoms with E-state index in [4.69, 9.17) is 10.7 Å². The molecule has 0 aliphatic carbocycles. The summed E-state index contributed by atoms with van der Waals surface area (Å²) in [7, 11) is -3.71. The third-order valence-corrected chi connectivity index (χ3v) is 7.38. The maximum Gasteiger partial charge on any atom is 0.263 e. The van der Waals surface area contributed by atoms with Crippen molar-refractivity contribution in [2.75, 3.05) is 10.5 Å². The molecule has 0 bridgehead atoms. The average Bonchev–Trinajstić information content (AvgIpc) is 3.27. The first-order valence-electron chi connectivity index (χ1n) is 9.54. The van der Waals surface area contributed by atoms with Crippen LogP contribution < -0.4 is 10.5 Å². The van der Waals surface area contributed by atoms with Crippen LogP contribution in [-0.2, 0) is 10.0 Å². The number of rotatable bonds is 4. The van der Waals surface area contributed by atoms with Gasteiger partial charge in [-0.25, -0.2) is 18.4 Å². The molecule has 3 aromatic carbocycles. The standard InChI is InChI=1S/C23H18N4O2S2/c1-14-6-11-19-21(22(24)17-4-2-3-5-18(17)26-19)20(14)15-7-9-16(10-8-15)31(28,29)27-23-25-12-13-30-23/h2-13H,1H3,(H2,24,26)(H,25,27). The molecule has 3 N–H and O–H groups in total. The molecule has 0 atom stereocenters. The summed E-state index contributed by atoms with van der Waals surface area (Å²) in [4.78, 5) is 8.92. The lowest BCUT2D eigenvalue weighted by atomic mass is 9.94. The second-order valence-corrected chi connectivity index (χ2v) is 9.74. The summed E-state index contributed by atoms with van der Waals surface area (Å²) in [6.45, 7) is 2.01. The number of hydrogen-bond donors (Lipinski definition) is 2.